The molecule has 3 aromatic rings. The maximum atomic E-state index is 11.4. The minimum Gasteiger partial charge on any atom is -0.309 e. The van der Waals surface area contributed by atoms with Crippen molar-refractivity contribution in [3.8, 4) is 11.3 Å². The maximum Gasteiger partial charge on any atom is 0.222 e. The Hall–Kier alpha value is -3.27. The van der Waals surface area contributed by atoms with Crippen LogP contribution in [0.4, 0.5) is 5.82 Å². The molecular weight excluding hydrogens is 298 g/mol. The van der Waals surface area contributed by atoms with Gasteiger partial charge in [0.15, 0.2) is 5.82 Å². The molecule has 0 atom stereocenters. The zero-order valence-corrected chi connectivity index (χ0v) is 13.3. The molecule has 24 heavy (non-hydrogen) atoms. The Morgan fingerprint density at radius 2 is 1.62 bits per heavy atom. The van der Waals surface area contributed by atoms with Gasteiger partial charge in [0.25, 0.3) is 0 Å². The fourth-order valence-electron chi connectivity index (χ4n) is 2.27. The van der Waals surface area contributed by atoms with Crippen molar-refractivity contribution in [3.63, 3.8) is 0 Å². The van der Waals surface area contributed by atoms with Crippen LogP contribution in [0.3, 0.4) is 0 Å². The van der Waals surface area contributed by atoms with Gasteiger partial charge in [0.05, 0.1) is 11.9 Å². The molecule has 0 spiro atoms. The number of carbonyl (C=O) groups is 1. The number of benzene rings is 2. The first-order chi connectivity index (χ1) is 11.7. The van der Waals surface area contributed by atoms with Gasteiger partial charge in [-0.15, -0.1) is 0 Å². The smallest absolute Gasteiger partial charge is 0.222 e. The second kappa shape index (κ2) is 7.33. The van der Waals surface area contributed by atoms with Gasteiger partial charge in [-0.1, -0.05) is 66.7 Å². The number of nitrogens with zero attached hydrogens (tertiary/aromatic N) is 2. The number of anilines is 1. The number of amides is 1. The molecule has 1 aromatic heterocycles. The first kappa shape index (κ1) is 15.6. The lowest BCUT2D eigenvalue weighted by Gasteiger charge is -2.08. The van der Waals surface area contributed by atoms with E-state index in [1.807, 2.05) is 72.8 Å². The Morgan fingerprint density at radius 1 is 0.958 bits per heavy atom. The zero-order valence-electron chi connectivity index (χ0n) is 13.3. The number of carbonyl (C=O) groups excluding carboxylic acids is 1. The Kier molecular flexibility index (Phi) is 4.77. The van der Waals surface area contributed by atoms with Gasteiger partial charge in [0.2, 0.25) is 5.91 Å². The summed E-state index contributed by atoms with van der Waals surface area (Å²) in [7, 11) is 0. The fraction of sp³-hybridized carbons (Fsp3) is 0.0500. The van der Waals surface area contributed by atoms with Crippen molar-refractivity contribution in [2.45, 2.75) is 6.92 Å². The Morgan fingerprint density at radius 3 is 2.29 bits per heavy atom. The first-order valence-electron chi connectivity index (χ1n) is 7.65. The van der Waals surface area contributed by atoms with E-state index >= 15 is 0 Å². The van der Waals surface area contributed by atoms with E-state index in [-0.39, 0.29) is 5.91 Å². The summed E-state index contributed by atoms with van der Waals surface area (Å²) < 4.78 is 0. The number of nitrogens with one attached hydrogen (secondary N) is 1. The number of hydrogen-bond acceptors (Lipinski definition) is 3. The molecule has 118 valence electrons. The van der Waals surface area contributed by atoms with Gasteiger partial charge >= 0.3 is 0 Å². The summed E-state index contributed by atoms with van der Waals surface area (Å²) >= 11 is 0. The minimum atomic E-state index is -0.175. The molecule has 4 heteroatoms. The van der Waals surface area contributed by atoms with Gasteiger partial charge in [-0.2, -0.15) is 0 Å². The molecule has 0 bridgehead atoms. The van der Waals surface area contributed by atoms with E-state index in [1.54, 1.807) is 6.20 Å². The maximum absolute atomic E-state index is 11.4. The van der Waals surface area contributed by atoms with Crippen molar-refractivity contribution < 1.29 is 4.79 Å². The molecule has 0 unspecified atom stereocenters. The highest BCUT2D eigenvalue weighted by Gasteiger charge is 2.08. The summed E-state index contributed by atoms with van der Waals surface area (Å²) in [5.41, 5.74) is 3.42. The van der Waals surface area contributed by atoms with Crippen LogP contribution < -0.4 is 5.32 Å². The van der Waals surface area contributed by atoms with Crippen LogP contribution in [0.1, 0.15) is 18.2 Å². The van der Waals surface area contributed by atoms with E-state index < -0.39 is 0 Å². The van der Waals surface area contributed by atoms with E-state index in [1.165, 1.54) is 6.92 Å². The summed E-state index contributed by atoms with van der Waals surface area (Å²) in [5.74, 6) is 0.278. The highest BCUT2D eigenvalue weighted by Crippen LogP contribution is 2.21. The van der Waals surface area contributed by atoms with Crippen molar-refractivity contribution in [1.29, 1.82) is 0 Å². The van der Waals surface area contributed by atoms with Crippen molar-refractivity contribution >= 4 is 23.9 Å². The predicted molar refractivity (Wildman–Crippen MR) is 97.1 cm³/mol. The molecule has 1 heterocycles. The summed E-state index contributed by atoms with van der Waals surface area (Å²) in [6.45, 7) is 1.46. The number of aromatic nitrogens is 2. The van der Waals surface area contributed by atoms with E-state index in [0.717, 1.165) is 16.8 Å². The van der Waals surface area contributed by atoms with Crippen LogP contribution in [0.2, 0.25) is 0 Å². The Bertz CT molecular complexity index is 859. The van der Waals surface area contributed by atoms with Crippen molar-refractivity contribution in [3.05, 3.63) is 78.1 Å². The van der Waals surface area contributed by atoms with E-state index in [4.69, 9.17) is 0 Å². The third-order valence-electron chi connectivity index (χ3n) is 3.40. The molecule has 0 saturated carbocycles. The molecule has 0 radical (unpaired) electrons. The van der Waals surface area contributed by atoms with Gasteiger partial charge in [0, 0.05) is 12.5 Å². The normalized spacial score (nSPS) is 10.7. The molecule has 1 amide bonds. The SMILES string of the molecule is CC(=O)Nc1ncc(-c2ccccc2)nc1C=Cc1ccccc1. The molecule has 0 aliphatic carbocycles. The summed E-state index contributed by atoms with van der Waals surface area (Å²) in [6.07, 6.45) is 5.48. The summed E-state index contributed by atoms with van der Waals surface area (Å²) in [5, 5.41) is 2.72. The number of hydrogen-bond donors (Lipinski definition) is 1. The lowest BCUT2D eigenvalue weighted by molar-refractivity contribution is -0.114. The second-order valence-corrected chi connectivity index (χ2v) is 5.28. The summed E-state index contributed by atoms with van der Waals surface area (Å²) in [6, 6.07) is 19.7. The van der Waals surface area contributed by atoms with Gasteiger partial charge in [-0.05, 0) is 11.6 Å². The largest absolute Gasteiger partial charge is 0.309 e. The zero-order chi connectivity index (χ0) is 16.8. The van der Waals surface area contributed by atoms with Crippen LogP contribution >= 0.6 is 0 Å². The van der Waals surface area contributed by atoms with Crippen LogP contribution in [0.15, 0.2) is 66.9 Å². The monoisotopic (exact) mass is 315 g/mol. The molecular formula is C20H17N3O. The van der Waals surface area contributed by atoms with Crippen LogP contribution in [0.5, 0.6) is 0 Å². The van der Waals surface area contributed by atoms with E-state index in [2.05, 4.69) is 15.3 Å². The third-order valence-corrected chi connectivity index (χ3v) is 3.40. The molecule has 0 aliphatic heterocycles. The highest BCUT2D eigenvalue weighted by atomic mass is 16.1. The van der Waals surface area contributed by atoms with Crippen molar-refractivity contribution in [2.24, 2.45) is 0 Å². The van der Waals surface area contributed by atoms with Crippen LogP contribution in [-0.4, -0.2) is 15.9 Å². The molecule has 2 aromatic carbocycles. The van der Waals surface area contributed by atoms with Gasteiger partial charge in [0.1, 0.15) is 5.69 Å². The van der Waals surface area contributed by atoms with Crippen LogP contribution in [-0.2, 0) is 4.79 Å². The average Bonchev–Trinajstić information content (AvgIpc) is 2.62. The molecule has 0 fully saturated rings. The van der Waals surface area contributed by atoms with Crippen LogP contribution in [0.25, 0.3) is 23.4 Å². The predicted octanol–water partition coefficient (Wildman–Crippen LogP) is 4.27. The molecule has 0 saturated heterocycles. The van der Waals surface area contributed by atoms with Gasteiger partial charge in [-0.25, -0.2) is 9.97 Å². The molecule has 1 N–H and O–H groups in total. The Balaban J connectivity index is 1.99. The highest BCUT2D eigenvalue weighted by molar-refractivity contribution is 5.90. The lowest BCUT2D eigenvalue weighted by Crippen LogP contribution is -2.10. The van der Waals surface area contributed by atoms with Crippen LogP contribution in [0, 0.1) is 0 Å². The Labute approximate surface area is 140 Å². The lowest BCUT2D eigenvalue weighted by atomic mass is 10.1. The van der Waals surface area contributed by atoms with Gasteiger partial charge in [-0.3, -0.25) is 4.79 Å². The topological polar surface area (TPSA) is 54.9 Å². The van der Waals surface area contributed by atoms with E-state index in [0.29, 0.717) is 11.5 Å². The quantitative estimate of drug-likeness (QED) is 0.782. The standard InChI is InChI=1S/C20H17N3O/c1-15(24)22-20-18(13-12-16-8-4-2-5-9-16)23-19(14-21-20)17-10-6-3-7-11-17/h2-14H,1H3,(H,21,22,24). The fourth-order valence-corrected chi connectivity index (χ4v) is 2.27. The molecule has 0 aliphatic rings. The third kappa shape index (κ3) is 3.93. The first-order valence-corrected chi connectivity index (χ1v) is 7.65. The minimum absolute atomic E-state index is 0.175. The second-order valence-electron chi connectivity index (χ2n) is 5.28. The molecule has 3 rings (SSSR count). The molecule has 4 nitrogen and oxygen atoms in total. The summed E-state index contributed by atoms with van der Waals surface area (Å²) in [4.78, 5) is 20.4. The van der Waals surface area contributed by atoms with E-state index in [9.17, 15) is 4.79 Å². The number of rotatable bonds is 4. The average molecular weight is 315 g/mol. The van der Waals surface area contributed by atoms with Gasteiger partial charge < -0.3 is 5.32 Å². The van der Waals surface area contributed by atoms with Crippen molar-refractivity contribution in [1.82, 2.24) is 9.97 Å². The van der Waals surface area contributed by atoms with Crippen molar-refractivity contribution in [2.75, 3.05) is 5.32 Å².